The summed E-state index contributed by atoms with van der Waals surface area (Å²) in [6.45, 7) is 1.49. The minimum Gasteiger partial charge on any atom is -0.493 e. The molecule has 12 heteroatoms. The van der Waals surface area contributed by atoms with Gasteiger partial charge in [0.2, 0.25) is 0 Å². The molecule has 1 aromatic heterocycles. The first kappa shape index (κ1) is 24.6. The van der Waals surface area contributed by atoms with Crippen LogP contribution in [0, 0.1) is 0 Å². The van der Waals surface area contributed by atoms with Gasteiger partial charge in [0.25, 0.3) is 10.0 Å². The molecular weight excluding hydrogens is 515 g/mol. The van der Waals surface area contributed by atoms with Crippen LogP contribution in [0.15, 0.2) is 58.9 Å². The van der Waals surface area contributed by atoms with E-state index in [9.17, 15) is 21.6 Å². The van der Waals surface area contributed by atoms with Crippen molar-refractivity contribution in [3.63, 3.8) is 0 Å². The molecule has 0 aliphatic carbocycles. The van der Waals surface area contributed by atoms with E-state index in [1.165, 1.54) is 24.4 Å². The average molecular weight is 538 g/mol. The monoisotopic (exact) mass is 537 g/mol. The lowest BCUT2D eigenvalue weighted by molar-refractivity contribution is -0.137. The number of fused-ring (bicyclic) bond motifs is 1. The number of aromatic nitrogens is 1. The van der Waals surface area contributed by atoms with Crippen molar-refractivity contribution in [3.05, 3.63) is 70.7 Å². The topological polar surface area (TPSA) is 89.6 Å². The molecule has 0 spiro atoms. The van der Waals surface area contributed by atoms with Crippen LogP contribution >= 0.6 is 11.3 Å². The molecule has 0 radical (unpaired) electrons. The van der Waals surface area contributed by atoms with Crippen molar-refractivity contribution in [2.75, 3.05) is 24.4 Å². The molecule has 0 bridgehead atoms. The van der Waals surface area contributed by atoms with Gasteiger partial charge < -0.3 is 14.8 Å². The average Bonchev–Trinajstić information content (AvgIpc) is 3.36. The summed E-state index contributed by atoms with van der Waals surface area (Å²) in [6.07, 6.45) is -0.588. The Morgan fingerprint density at radius 1 is 1.19 bits per heavy atom. The third-order valence-corrected chi connectivity index (χ3v) is 8.07. The molecule has 2 aromatic carbocycles. The molecule has 190 valence electrons. The van der Waals surface area contributed by atoms with Crippen molar-refractivity contribution in [2.24, 2.45) is 0 Å². The summed E-state index contributed by atoms with van der Waals surface area (Å²) < 4.78 is 80.2. The van der Waals surface area contributed by atoms with E-state index in [1.54, 1.807) is 11.4 Å². The maximum absolute atomic E-state index is 13.4. The smallest absolute Gasteiger partial charge is 0.416 e. The van der Waals surface area contributed by atoms with Gasteiger partial charge in [-0.25, -0.2) is 13.4 Å². The maximum atomic E-state index is 13.4. The molecule has 36 heavy (non-hydrogen) atoms. The van der Waals surface area contributed by atoms with Crippen LogP contribution in [0.4, 0.5) is 18.3 Å². The van der Waals surface area contributed by atoms with Crippen molar-refractivity contribution >= 4 is 32.1 Å². The molecule has 7 nitrogen and oxygen atoms in total. The first-order valence-corrected chi connectivity index (χ1v) is 13.5. The van der Waals surface area contributed by atoms with Crippen LogP contribution in [-0.2, 0) is 16.2 Å². The van der Waals surface area contributed by atoms with Crippen molar-refractivity contribution in [3.8, 4) is 11.5 Å². The highest BCUT2D eigenvalue weighted by molar-refractivity contribution is 7.93. The van der Waals surface area contributed by atoms with Gasteiger partial charge >= 0.3 is 6.18 Å². The zero-order valence-electron chi connectivity index (χ0n) is 18.8. The number of sulfonamides is 1. The number of benzene rings is 2. The van der Waals surface area contributed by atoms with E-state index < -0.39 is 27.9 Å². The molecule has 0 saturated heterocycles. The lowest BCUT2D eigenvalue weighted by Gasteiger charge is -2.28. The van der Waals surface area contributed by atoms with Crippen LogP contribution in [0.25, 0.3) is 5.57 Å². The first-order valence-electron chi connectivity index (χ1n) is 11.2. The Labute approximate surface area is 210 Å². The Kier molecular flexibility index (Phi) is 6.66. The number of hydrogen-bond acceptors (Lipinski definition) is 7. The molecule has 3 aromatic rings. The molecule has 5 rings (SSSR count). The Hall–Kier alpha value is -3.09. The molecule has 1 unspecified atom stereocenters. The summed E-state index contributed by atoms with van der Waals surface area (Å²) >= 11 is 1.16. The van der Waals surface area contributed by atoms with E-state index in [1.807, 2.05) is 6.08 Å². The highest BCUT2D eigenvalue weighted by Gasteiger charge is 2.33. The van der Waals surface area contributed by atoms with E-state index in [2.05, 4.69) is 15.0 Å². The van der Waals surface area contributed by atoms with Crippen molar-refractivity contribution in [2.45, 2.75) is 30.0 Å². The number of halogens is 3. The van der Waals surface area contributed by atoms with Crippen molar-refractivity contribution in [1.29, 1.82) is 0 Å². The SMILES string of the molecule is O=S(=O)(Nc1nccs1)c1ccc2c(c1)OCCC2Oc1ccc(C(F)(F)F)cc1C1=CCNCC1. The molecule has 2 aliphatic heterocycles. The Morgan fingerprint density at radius 3 is 2.78 bits per heavy atom. The number of hydrogen-bond donors (Lipinski definition) is 2. The van der Waals surface area contributed by atoms with Crippen LogP contribution in [0.3, 0.4) is 0 Å². The number of ether oxygens (including phenoxy) is 2. The lowest BCUT2D eigenvalue weighted by Crippen LogP contribution is -2.22. The Bertz CT molecular complexity index is 1390. The highest BCUT2D eigenvalue weighted by Crippen LogP contribution is 2.41. The van der Waals surface area contributed by atoms with Gasteiger partial charge in [0.05, 0.1) is 17.1 Å². The Morgan fingerprint density at radius 2 is 2.06 bits per heavy atom. The number of rotatable bonds is 6. The van der Waals surface area contributed by atoms with E-state index in [-0.39, 0.29) is 16.6 Å². The second-order valence-corrected chi connectivity index (χ2v) is 10.9. The third kappa shape index (κ3) is 5.20. The molecule has 1 atom stereocenters. The lowest BCUT2D eigenvalue weighted by atomic mass is 9.96. The van der Waals surface area contributed by atoms with E-state index in [0.717, 1.165) is 29.0 Å². The first-order chi connectivity index (χ1) is 17.2. The fourth-order valence-corrected chi connectivity index (χ4v) is 5.96. The second-order valence-electron chi connectivity index (χ2n) is 8.28. The van der Waals surface area contributed by atoms with Crippen molar-refractivity contribution in [1.82, 2.24) is 10.3 Å². The zero-order chi connectivity index (χ0) is 25.3. The van der Waals surface area contributed by atoms with Crippen LogP contribution in [0.2, 0.25) is 0 Å². The van der Waals surface area contributed by atoms with E-state index >= 15 is 0 Å². The van der Waals surface area contributed by atoms with Gasteiger partial charge in [-0.1, -0.05) is 12.1 Å². The van der Waals surface area contributed by atoms with Gasteiger partial charge in [0, 0.05) is 41.7 Å². The van der Waals surface area contributed by atoms with Crippen LogP contribution < -0.4 is 19.5 Å². The Balaban J connectivity index is 1.45. The van der Waals surface area contributed by atoms with E-state index in [0.29, 0.717) is 48.6 Å². The minimum atomic E-state index is -4.47. The van der Waals surface area contributed by atoms with Gasteiger partial charge in [0.15, 0.2) is 5.13 Å². The summed E-state index contributed by atoms with van der Waals surface area (Å²) in [6, 6.07) is 7.98. The summed E-state index contributed by atoms with van der Waals surface area (Å²) in [5.74, 6) is 0.693. The molecule has 2 aliphatic rings. The predicted octanol–water partition coefficient (Wildman–Crippen LogP) is 5.24. The van der Waals surface area contributed by atoms with Gasteiger partial charge in [-0.3, -0.25) is 4.72 Å². The third-order valence-electron chi connectivity index (χ3n) is 5.92. The quantitative estimate of drug-likeness (QED) is 0.447. The zero-order valence-corrected chi connectivity index (χ0v) is 20.5. The normalized spacial score (nSPS) is 18.1. The van der Waals surface area contributed by atoms with Gasteiger partial charge in [-0.2, -0.15) is 13.2 Å². The van der Waals surface area contributed by atoms with Gasteiger partial charge in [-0.15, -0.1) is 11.3 Å². The molecular formula is C24H22F3N3O4S2. The summed E-state index contributed by atoms with van der Waals surface area (Å²) in [7, 11) is -3.88. The summed E-state index contributed by atoms with van der Waals surface area (Å²) in [5.41, 5.74) is 1.09. The number of thiazole rings is 1. The van der Waals surface area contributed by atoms with Crippen LogP contribution in [0.5, 0.6) is 11.5 Å². The molecule has 0 saturated carbocycles. The molecule has 2 N–H and O–H groups in total. The van der Waals surface area contributed by atoms with Crippen LogP contribution in [-0.4, -0.2) is 33.1 Å². The van der Waals surface area contributed by atoms with Crippen molar-refractivity contribution < 1.29 is 31.1 Å². The minimum absolute atomic E-state index is 0.00665. The highest BCUT2D eigenvalue weighted by atomic mass is 32.2. The largest absolute Gasteiger partial charge is 0.493 e. The fraction of sp³-hybridized carbons (Fsp3) is 0.292. The molecule has 0 amide bonds. The number of nitrogens with zero attached hydrogens (tertiary/aromatic N) is 1. The predicted molar refractivity (Wildman–Crippen MR) is 130 cm³/mol. The number of alkyl halides is 3. The summed E-state index contributed by atoms with van der Waals surface area (Å²) in [5, 5.41) is 5.07. The van der Waals surface area contributed by atoms with E-state index in [4.69, 9.17) is 9.47 Å². The number of nitrogens with one attached hydrogen (secondary N) is 2. The molecule has 3 heterocycles. The standard InChI is InChI=1S/C24H22F3N3O4S2/c25-24(26,27)16-1-4-20(19(13-16)15-5-8-28-9-6-15)34-21-7-11-33-22-14-17(2-3-18(21)22)36(31,32)30-23-29-10-12-35-23/h1-5,10,12-14,21,28H,6-9,11H2,(H,29,30). The molecule has 0 fully saturated rings. The van der Waals surface area contributed by atoms with Gasteiger partial charge in [0.1, 0.15) is 17.6 Å². The van der Waals surface area contributed by atoms with Gasteiger partial charge in [-0.05, 0) is 42.8 Å². The summed E-state index contributed by atoms with van der Waals surface area (Å²) in [4.78, 5) is 3.95. The fourth-order valence-electron chi connectivity index (χ4n) is 4.15. The second kappa shape index (κ2) is 9.75. The van der Waals surface area contributed by atoms with Crippen LogP contribution in [0.1, 0.15) is 35.6 Å². The number of anilines is 1. The maximum Gasteiger partial charge on any atom is 0.416 e.